The van der Waals surface area contributed by atoms with Crippen LogP contribution in [0.4, 0.5) is 0 Å². The number of piperidine rings is 1. The molecule has 4 heteroatoms. The predicted octanol–water partition coefficient (Wildman–Crippen LogP) is 1.88. The molecular weight excluding hydrogens is 262 g/mol. The van der Waals surface area contributed by atoms with Gasteiger partial charge in [-0.25, -0.2) is 0 Å². The van der Waals surface area contributed by atoms with Crippen LogP contribution in [0.3, 0.4) is 0 Å². The Morgan fingerprint density at radius 3 is 2.29 bits per heavy atom. The van der Waals surface area contributed by atoms with Gasteiger partial charge in [-0.05, 0) is 57.3 Å². The first-order valence-electron chi connectivity index (χ1n) is 8.88. The smallest absolute Gasteiger partial charge is 0.227 e. The predicted molar refractivity (Wildman–Crippen MR) is 84.9 cm³/mol. The summed E-state index contributed by atoms with van der Waals surface area (Å²) in [7, 11) is 0. The van der Waals surface area contributed by atoms with E-state index in [0.717, 1.165) is 63.6 Å². The van der Waals surface area contributed by atoms with Crippen LogP contribution in [0, 0.1) is 11.3 Å². The standard InChI is InChI=1S/C17H31N3O/c1-13-4-8-17(12-18,9-5-13)16(21)19-14-6-10-20(11-7-14)15-2-3-15/h13-15H,2-12,18H2,1H3,(H,19,21). The number of nitrogens with zero attached hydrogens (tertiary/aromatic N) is 1. The third kappa shape index (κ3) is 3.42. The molecule has 0 radical (unpaired) electrons. The number of rotatable bonds is 4. The van der Waals surface area contributed by atoms with Crippen molar-refractivity contribution in [1.82, 2.24) is 10.2 Å². The van der Waals surface area contributed by atoms with E-state index in [2.05, 4.69) is 17.1 Å². The van der Waals surface area contributed by atoms with Crippen molar-refractivity contribution in [2.75, 3.05) is 19.6 Å². The summed E-state index contributed by atoms with van der Waals surface area (Å²) in [4.78, 5) is 15.3. The Bertz CT molecular complexity index is 364. The lowest BCUT2D eigenvalue weighted by molar-refractivity contribution is -0.134. The summed E-state index contributed by atoms with van der Waals surface area (Å²) in [5.41, 5.74) is 5.71. The molecule has 1 saturated heterocycles. The maximum atomic E-state index is 12.7. The van der Waals surface area contributed by atoms with Gasteiger partial charge in [0.15, 0.2) is 0 Å². The molecule has 0 bridgehead atoms. The van der Waals surface area contributed by atoms with Gasteiger partial charge in [0, 0.05) is 31.7 Å². The Kier molecular flexibility index (Phi) is 4.55. The molecular formula is C17H31N3O. The van der Waals surface area contributed by atoms with E-state index in [1.54, 1.807) is 0 Å². The van der Waals surface area contributed by atoms with Gasteiger partial charge in [0.1, 0.15) is 0 Å². The van der Waals surface area contributed by atoms with Crippen molar-refractivity contribution in [3.05, 3.63) is 0 Å². The Morgan fingerprint density at radius 2 is 1.76 bits per heavy atom. The molecule has 0 aromatic heterocycles. The van der Waals surface area contributed by atoms with Gasteiger partial charge in [-0.1, -0.05) is 6.92 Å². The first-order valence-corrected chi connectivity index (χ1v) is 8.88. The van der Waals surface area contributed by atoms with Gasteiger partial charge in [-0.3, -0.25) is 4.79 Å². The summed E-state index contributed by atoms with van der Waals surface area (Å²) in [6.45, 7) is 5.10. The van der Waals surface area contributed by atoms with Crippen molar-refractivity contribution in [3.8, 4) is 0 Å². The Labute approximate surface area is 128 Å². The number of nitrogens with one attached hydrogen (secondary N) is 1. The van der Waals surface area contributed by atoms with Crippen LogP contribution < -0.4 is 11.1 Å². The highest BCUT2D eigenvalue weighted by atomic mass is 16.2. The van der Waals surface area contributed by atoms with Gasteiger partial charge in [0.2, 0.25) is 5.91 Å². The van der Waals surface area contributed by atoms with Crippen molar-refractivity contribution in [2.24, 2.45) is 17.1 Å². The van der Waals surface area contributed by atoms with Crippen molar-refractivity contribution >= 4 is 5.91 Å². The highest BCUT2D eigenvalue weighted by molar-refractivity contribution is 5.83. The van der Waals surface area contributed by atoms with Crippen molar-refractivity contribution in [1.29, 1.82) is 0 Å². The maximum Gasteiger partial charge on any atom is 0.227 e. The zero-order valence-corrected chi connectivity index (χ0v) is 13.4. The summed E-state index contributed by atoms with van der Waals surface area (Å²) < 4.78 is 0. The van der Waals surface area contributed by atoms with Crippen LogP contribution in [0.1, 0.15) is 58.3 Å². The third-order valence-electron chi connectivity index (χ3n) is 6.03. The quantitative estimate of drug-likeness (QED) is 0.832. The fourth-order valence-corrected chi connectivity index (χ4v) is 4.03. The lowest BCUT2D eigenvalue weighted by Crippen LogP contribution is -2.53. The second-order valence-electron chi connectivity index (χ2n) is 7.68. The van der Waals surface area contributed by atoms with E-state index in [1.807, 2.05) is 0 Å². The lowest BCUT2D eigenvalue weighted by Gasteiger charge is -2.39. The molecule has 4 nitrogen and oxygen atoms in total. The van der Waals surface area contributed by atoms with Gasteiger partial charge < -0.3 is 16.0 Å². The molecule has 3 aliphatic rings. The zero-order chi connectivity index (χ0) is 14.9. The molecule has 1 aliphatic heterocycles. The van der Waals surface area contributed by atoms with Crippen LogP contribution in [-0.2, 0) is 4.79 Å². The highest BCUT2D eigenvalue weighted by Crippen LogP contribution is 2.38. The number of likely N-dealkylation sites (tertiary alicyclic amines) is 1. The summed E-state index contributed by atoms with van der Waals surface area (Å²) in [6.07, 6.45) is 9.21. The first-order chi connectivity index (χ1) is 10.1. The van der Waals surface area contributed by atoms with Crippen LogP contribution in [0.2, 0.25) is 0 Å². The van der Waals surface area contributed by atoms with E-state index >= 15 is 0 Å². The van der Waals surface area contributed by atoms with Gasteiger partial charge in [0.25, 0.3) is 0 Å². The van der Waals surface area contributed by atoms with Crippen LogP contribution in [0.25, 0.3) is 0 Å². The average Bonchev–Trinajstić information content (AvgIpc) is 3.34. The molecule has 0 atom stereocenters. The molecule has 0 unspecified atom stereocenters. The fourth-order valence-electron chi connectivity index (χ4n) is 4.03. The minimum Gasteiger partial charge on any atom is -0.353 e. The first kappa shape index (κ1) is 15.3. The van der Waals surface area contributed by atoms with E-state index in [1.165, 1.54) is 12.8 Å². The van der Waals surface area contributed by atoms with Crippen molar-refractivity contribution < 1.29 is 4.79 Å². The van der Waals surface area contributed by atoms with E-state index in [9.17, 15) is 4.79 Å². The van der Waals surface area contributed by atoms with Gasteiger partial charge in [-0.2, -0.15) is 0 Å². The Hall–Kier alpha value is -0.610. The van der Waals surface area contributed by atoms with E-state index in [-0.39, 0.29) is 11.3 Å². The zero-order valence-electron chi connectivity index (χ0n) is 13.4. The molecule has 1 heterocycles. The van der Waals surface area contributed by atoms with Crippen molar-refractivity contribution in [3.63, 3.8) is 0 Å². The lowest BCUT2D eigenvalue weighted by atomic mass is 9.70. The number of nitrogens with two attached hydrogens (primary N) is 1. The molecule has 2 saturated carbocycles. The minimum absolute atomic E-state index is 0.238. The van der Waals surface area contributed by atoms with E-state index < -0.39 is 0 Å². The third-order valence-corrected chi connectivity index (χ3v) is 6.03. The number of hydrogen-bond acceptors (Lipinski definition) is 3. The minimum atomic E-state index is -0.278. The van der Waals surface area contributed by atoms with Gasteiger partial charge in [0.05, 0.1) is 5.41 Å². The van der Waals surface area contributed by atoms with E-state index in [4.69, 9.17) is 5.73 Å². The monoisotopic (exact) mass is 293 g/mol. The number of hydrogen-bond donors (Lipinski definition) is 2. The topological polar surface area (TPSA) is 58.4 Å². The SMILES string of the molecule is CC1CCC(CN)(C(=O)NC2CCN(C3CC3)CC2)CC1. The van der Waals surface area contributed by atoms with Gasteiger partial charge in [-0.15, -0.1) is 0 Å². The highest BCUT2D eigenvalue weighted by Gasteiger charge is 2.41. The fraction of sp³-hybridized carbons (Fsp3) is 0.941. The van der Waals surface area contributed by atoms with E-state index in [0.29, 0.717) is 12.6 Å². The second kappa shape index (κ2) is 6.25. The normalized spacial score (nSPS) is 35.6. The molecule has 0 aromatic rings. The molecule has 2 aliphatic carbocycles. The Balaban J connectivity index is 1.50. The summed E-state index contributed by atoms with van der Waals surface area (Å²) >= 11 is 0. The average molecular weight is 293 g/mol. The maximum absolute atomic E-state index is 12.7. The molecule has 3 N–H and O–H groups in total. The summed E-state index contributed by atoms with van der Waals surface area (Å²) in [5.74, 6) is 0.987. The van der Waals surface area contributed by atoms with Crippen LogP contribution in [-0.4, -0.2) is 42.5 Å². The van der Waals surface area contributed by atoms with Crippen LogP contribution >= 0.6 is 0 Å². The molecule has 0 spiro atoms. The Morgan fingerprint density at radius 1 is 1.14 bits per heavy atom. The summed E-state index contributed by atoms with van der Waals surface area (Å²) in [6, 6.07) is 1.23. The largest absolute Gasteiger partial charge is 0.353 e. The number of amides is 1. The number of carbonyl (C=O) groups excluding carboxylic acids is 1. The van der Waals surface area contributed by atoms with Crippen LogP contribution in [0.5, 0.6) is 0 Å². The molecule has 3 rings (SSSR count). The van der Waals surface area contributed by atoms with Crippen molar-refractivity contribution in [2.45, 2.75) is 70.4 Å². The molecule has 1 amide bonds. The molecule has 0 aromatic carbocycles. The molecule has 120 valence electrons. The van der Waals surface area contributed by atoms with Gasteiger partial charge >= 0.3 is 0 Å². The van der Waals surface area contributed by atoms with Crippen LogP contribution in [0.15, 0.2) is 0 Å². The second-order valence-corrected chi connectivity index (χ2v) is 7.68. The number of carbonyl (C=O) groups is 1. The molecule has 21 heavy (non-hydrogen) atoms. The summed E-state index contributed by atoms with van der Waals surface area (Å²) in [5, 5.41) is 3.33. The molecule has 3 fully saturated rings.